The molecule has 0 fully saturated rings. The van der Waals surface area contributed by atoms with E-state index in [9.17, 15) is 18.0 Å². The first-order valence-corrected chi connectivity index (χ1v) is 7.80. The van der Waals surface area contributed by atoms with E-state index in [0.717, 1.165) is 11.3 Å². The number of allylic oxidation sites excluding steroid dienone is 1. The Hall–Kier alpha value is -2.76. The third kappa shape index (κ3) is 4.21. The number of fused-ring (bicyclic) bond motifs is 1. The van der Waals surface area contributed by atoms with Gasteiger partial charge in [-0.05, 0) is 17.2 Å². The van der Waals surface area contributed by atoms with Crippen molar-refractivity contribution in [2.45, 2.75) is 18.7 Å². The van der Waals surface area contributed by atoms with Crippen LogP contribution in [0.3, 0.4) is 0 Å². The van der Waals surface area contributed by atoms with Gasteiger partial charge in [0, 0.05) is 12.5 Å². The molecule has 0 saturated carbocycles. The Morgan fingerprint density at radius 1 is 1.12 bits per heavy atom. The topological polar surface area (TPSA) is 38.3 Å². The largest absolute Gasteiger partial charge is 0.488 e. The normalized spacial score (nSPS) is 16.9. The quantitative estimate of drug-likeness (QED) is 0.856. The summed E-state index contributed by atoms with van der Waals surface area (Å²) in [6.45, 7) is 0.143. The third-order valence-corrected chi connectivity index (χ3v) is 3.88. The lowest BCUT2D eigenvalue weighted by molar-refractivity contribution is -0.117. The van der Waals surface area contributed by atoms with Crippen LogP contribution >= 0.6 is 0 Å². The summed E-state index contributed by atoms with van der Waals surface area (Å²) in [5, 5.41) is 2.49. The van der Waals surface area contributed by atoms with Crippen LogP contribution in [0.2, 0.25) is 0 Å². The Morgan fingerprint density at radius 3 is 2.48 bits per heavy atom. The zero-order valence-corrected chi connectivity index (χ0v) is 13.2. The van der Waals surface area contributed by atoms with Gasteiger partial charge in [0.15, 0.2) is 0 Å². The third-order valence-electron chi connectivity index (χ3n) is 3.88. The molecule has 6 heteroatoms. The van der Waals surface area contributed by atoms with Crippen LogP contribution in [0.1, 0.15) is 11.1 Å². The van der Waals surface area contributed by atoms with Gasteiger partial charge >= 0.3 is 6.18 Å². The van der Waals surface area contributed by atoms with Crippen molar-refractivity contribution in [3.05, 3.63) is 71.8 Å². The maximum Gasteiger partial charge on any atom is 0.417 e. The Bertz CT molecular complexity index is 760. The predicted molar refractivity (Wildman–Crippen MR) is 88.0 cm³/mol. The molecule has 25 heavy (non-hydrogen) atoms. The average molecular weight is 347 g/mol. The van der Waals surface area contributed by atoms with E-state index in [2.05, 4.69) is 5.32 Å². The number of rotatable bonds is 4. The number of amides is 1. The van der Waals surface area contributed by atoms with Crippen molar-refractivity contribution in [1.29, 1.82) is 0 Å². The second-order valence-electron chi connectivity index (χ2n) is 5.72. The molecule has 2 aromatic rings. The summed E-state index contributed by atoms with van der Waals surface area (Å²) in [6, 6.07) is 14.7. The highest BCUT2D eigenvalue weighted by Crippen LogP contribution is 2.33. The molecule has 0 bridgehead atoms. The zero-order valence-electron chi connectivity index (χ0n) is 13.2. The van der Waals surface area contributed by atoms with Crippen molar-refractivity contribution in [3.63, 3.8) is 0 Å². The summed E-state index contributed by atoms with van der Waals surface area (Å²) >= 11 is 0. The lowest BCUT2D eigenvalue weighted by Gasteiger charge is -2.13. The van der Waals surface area contributed by atoms with E-state index in [4.69, 9.17) is 4.74 Å². The van der Waals surface area contributed by atoms with Gasteiger partial charge in [-0.25, -0.2) is 0 Å². The van der Waals surface area contributed by atoms with E-state index in [1.54, 1.807) is 6.07 Å². The second kappa shape index (κ2) is 7.01. The minimum atomic E-state index is -4.61. The molecule has 1 N–H and O–H groups in total. The molecule has 1 atom stereocenters. The number of hydrogen-bond donors (Lipinski definition) is 1. The molecule has 0 saturated heterocycles. The maximum atomic E-state index is 13.2. The predicted octanol–water partition coefficient (Wildman–Crippen LogP) is 3.75. The minimum Gasteiger partial charge on any atom is -0.488 e. The van der Waals surface area contributed by atoms with E-state index >= 15 is 0 Å². The van der Waals surface area contributed by atoms with Crippen LogP contribution in [-0.2, 0) is 11.2 Å². The fraction of sp³-hybridized carbons (Fsp3) is 0.211. The van der Waals surface area contributed by atoms with Gasteiger partial charge in [-0.15, -0.1) is 0 Å². The van der Waals surface area contributed by atoms with Crippen LogP contribution in [0.25, 0.3) is 5.57 Å². The summed E-state index contributed by atoms with van der Waals surface area (Å²) in [5.74, 6) is -0.0479. The molecule has 1 heterocycles. The Kier molecular flexibility index (Phi) is 4.79. The van der Waals surface area contributed by atoms with Crippen molar-refractivity contribution in [2.75, 3.05) is 6.54 Å². The number of ether oxygens (including phenoxy) is 1. The van der Waals surface area contributed by atoms with Gasteiger partial charge in [-0.2, -0.15) is 13.2 Å². The first-order valence-electron chi connectivity index (χ1n) is 7.80. The average Bonchev–Trinajstić information content (AvgIpc) is 3.00. The highest BCUT2D eigenvalue weighted by Gasteiger charge is 2.35. The van der Waals surface area contributed by atoms with Gasteiger partial charge in [0.25, 0.3) is 0 Å². The molecule has 0 radical (unpaired) electrons. The summed E-state index contributed by atoms with van der Waals surface area (Å²) in [7, 11) is 0. The fourth-order valence-electron chi connectivity index (χ4n) is 2.71. The molecular weight excluding hydrogens is 331 g/mol. The molecule has 1 amide bonds. The lowest BCUT2D eigenvalue weighted by atomic mass is 10.1. The molecule has 1 aliphatic heterocycles. The van der Waals surface area contributed by atoms with Crippen LogP contribution in [0.15, 0.2) is 60.7 Å². The van der Waals surface area contributed by atoms with E-state index in [0.29, 0.717) is 12.5 Å². The fourth-order valence-corrected chi connectivity index (χ4v) is 2.71. The van der Waals surface area contributed by atoms with Gasteiger partial charge in [0.05, 0.1) is 12.1 Å². The van der Waals surface area contributed by atoms with Gasteiger partial charge in [0.1, 0.15) is 11.9 Å². The van der Waals surface area contributed by atoms with Gasteiger partial charge in [-0.3, -0.25) is 4.79 Å². The van der Waals surface area contributed by atoms with Gasteiger partial charge in [-0.1, -0.05) is 48.5 Å². The number of halogens is 3. The number of para-hydroxylation sites is 1. The molecule has 1 unspecified atom stereocenters. The SMILES string of the molecule is O=C(/C=C(/c1ccccc1)C(F)(F)F)NCC1Cc2ccccc2O1. The Labute approximate surface area is 143 Å². The number of carbonyl (C=O) groups is 1. The van der Waals surface area contributed by atoms with E-state index < -0.39 is 17.7 Å². The molecule has 0 aromatic heterocycles. The summed E-state index contributed by atoms with van der Waals surface area (Å²) < 4.78 is 45.3. The maximum absolute atomic E-state index is 13.2. The first-order chi connectivity index (χ1) is 11.9. The van der Waals surface area contributed by atoms with Crippen LogP contribution in [-0.4, -0.2) is 24.7 Å². The van der Waals surface area contributed by atoms with Crippen molar-refractivity contribution in [2.24, 2.45) is 0 Å². The lowest BCUT2D eigenvalue weighted by Crippen LogP contribution is -2.34. The van der Waals surface area contributed by atoms with Crippen molar-refractivity contribution < 1.29 is 22.7 Å². The second-order valence-corrected chi connectivity index (χ2v) is 5.72. The minimum absolute atomic E-state index is 0.0466. The number of alkyl halides is 3. The molecule has 0 spiro atoms. The highest BCUT2D eigenvalue weighted by molar-refractivity contribution is 5.96. The van der Waals surface area contributed by atoms with Crippen LogP contribution in [0.4, 0.5) is 13.2 Å². The Morgan fingerprint density at radius 2 is 1.80 bits per heavy atom. The van der Waals surface area contributed by atoms with Crippen molar-refractivity contribution in [3.8, 4) is 5.75 Å². The van der Waals surface area contributed by atoms with Crippen LogP contribution in [0.5, 0.6) is 5.75 Å². The van der Waals surface area contributed by atoms with E-state index in [1.165, 1.54) is 24.3 Å². The Balaban J connectivity index is 1.65. The zero-order chi connectivity index (χ0) is 17.9. The molecule has 130 valence electrons. The molecule has 3 rings (SSSR count). The van der Waals surface area contributed by atoms with Gasteiger partial charge < -0.3 is 10.1 Å². The van der Waals surface area contributed by atoms with Crippen molar-refractivity contribution in [1.82, 2.24) is 5.32 Å². The summed E-state index contributed by atoms with van der Waals surface area (Å²) in [4.78, 5) is 12.0. The molecule has 0 aliphatic carbocycles. The summed E-state index contributed by atoms with van der Waals surface area (Å²) in [5.41, 5.74) is 0.00783. The number of nitrogens with one attached hydrogen (secondary N) is 1. The highest BCUT2D eigenvalue weighted by atomic mass is 19.4. The molecule has 3 nitrogen and oxygen atoms in total. The van der Waals surface area contributed by atoms with Gasteiger partial charge in [0.2, 0.25) is 5.91 Å². The molecular formula is C19H16F3NO2. The van der Waals surface area contributed by atoms with Crippen molar-refractivity contribution >= 4 is 11.5 Å². The first kappa shape index (κ1) is 17.1. The number of benzene rings is 2. The number of hydrogen-bond acceptors (Lipinski definition) is 2. The monoisotopic (exact) mass is 347 g/mol. The van der Waals surface area contributed by atoms with E-state index in [-0.39, 0.29) is 18.2 Å². The number of carbonyl (C=O) groups excluding carboxylic acids is 1. The van der Waals surface area contributed by atoms with Crippen LogP contribution < -0.4 is 10.1 Å². The molecule has 2 aromatic carbocycles. The molecule has 1 aliphatic rings. The standard InChI is InChI=1S/C19H16F3NO2/c20-19(21,22)16(13-6-2-1-3-7-13)11-18(24)23-12-15-10-14-8-4-5-9-17(14)25-15/h1-9,11,15H,10,12H2,(H,23,24)/b16-11-. The van der Waals surface area contributed by atoms with E-state index in [1.807, 2.05) is 24.3 Å². The smallest absolute Gasteiger partial charge is 0.417 e. The van der Waals surface area contributed by atoms with Crippen LogP contribution in [0, 0.1) is 0 Å². The summed E-state index contributed by atoms with van der Waals surface area (Å²) in [6.07, 6.45) is -3.68.